The summed E-state index contributed by atoms with van der Waals surface area (Å²) >= 11 is 0. The Labute approximate surface area is 128 Å². The number of nitro groups is 1. The van der Waals surface area contributed by atoms with Crippen LogP contribution in [0.25, 0.3) is 0 Å². The molecule has 0 bridgehead atoms. The third-order valence-corrected chi connectivity index (χ3v) is 3.29. The Balaban J connectivity index is 2.01. The minimum Gasteiger partial charge on any atom is -0.376 e. The number of rotatable bonds is 5. The van der Waals surface area contributed by atoms with Crippen molar-refractivity contribution in [2.45, 2.75) is 13.8 Å². The van der Waals surface area contributed by atoms with Crippen LogP contribution >= 0.6 is 0 Å². The second-order valence-corrected chi connectivity index (χ2v) is 4.97. The van der Waals surface area contributed by atoms with Gasteiger partial charge in [0.1, 0.15) is 0 Å². The van der Waals surface area contributed by atoms with Gasteiger partial charge in [-0.25, -0.2) is 0 Å². The quantitative estimate of drug-likeness (QED) is 0.655. The van der Waals surface area contributed by atoms with Gasteiger partial charge in [0.2, 0.25) is 5.91 Å². The molecule has 2 aromatic carbocycles. The number of nitro benzene ring substituents is 1. The predicted molar refractivity (Wildman–Crippen MR) is 86.1 cm³/mol. The van der Waals surface area contributed by atoms with Crippen molar-refractivity contribution < 1.29 is 9.72 Å². The van der Waals surface area contributed by atoms with Gasteiger partial charge in [-0.3, -0.25) is 14.9 Å². The highest BCUT2D eigenvalue weighted by atomic mass is 16.6. The van der Waals surface area contributed by atoms with Crippen LogP contribution in [0, 0.1) is 24.0 Å². The van der Waals surface area contributed by atoms with Crippen LogP contribution in [-0.2, 0) is 4.79 Å². The van der Waals surface area contributed by atoms with Crippen LogP contribution in [0.15, 0.2) is 42.5 Å². The van der Waals surface area contributed by atoms with Crippen molar-refractivity contribution >= 4 is 23.0 Å². The van der Waals surface area contributed by atoms with Crippen molar-refractivity contribution in [1.82, 2.24) is 0 Å². The first kappa shape index (κ1) is 15.5. The summed E-state index contributed by atoms with van der Waals surface area (Å²) in [5.74, 6) is -0.208. The average Bonchev–Trinajstić information content (AvgIpc) is 2.48. The van der Waals surface area contributed by atoms with Crippen LogP contribution in [0.4, 0.5) is 17.1 Å². The lowest BCUT2D eigenvalue weighted by molar-refractivity contribution is -0.384. The molecular formula is C16H17N3O3. The van der Waals surface area contributed by atoms with Crippen LogP contribution in [0.1, 0.15) is 11.1 Å². The molecule has 1 amide bonds. The van der Waals surface area contributed by atoms with Gasteiger partial charge in [-0.15, -0.1) is 0 Å². The summed E-state index contributed by atoms with van der Waals surface area (Å²) in [7, 11) is 0. The van der Waals surface area contributed by atoms with E-state index in [9.17, 15) is 14.9 Å². The maximum Gasteiger partial charge on any atom is 0.271 e. The van der Waals surface area contributed by atoms with Gasteiger partial charge < -0.3 is 10.6 Å². The van der Waals surface area contributed by atoms with E-state index in [1.807, 2.05) is 38.1 Å². The van der Waals surface area contributed by atoms with Crippen molar-refractivity contribution in [3.05, 3.63) is 63.7 Å². The predicted octanol–water partition coefficient (Wildman–Crippen LogP) is 3.26. The summed E-state index contributed by atoms with van der Waals surface area (Å²) in [5.41, 5.74) is 3.14. The first-order valence-corrected chi connectivity index (χ1v) is 6.82. The molecule has 0 aromatic heterocycles. The van der Waals surface area contributed by atoms with Crippen molar-refractivity contribution in [3.63, 3.8) is 0 Å². The molecule has 0 atom stereocenters. The summed E-state index contributed by atoms with van der Waals surface area (Å²) in [6.07, 6.45) is 0. The number of para-hydroxylation sites is 1. The van der Waals surface area contributed by atoms with E-state index in [0.29, 0.717) is 5.69 Å². The average molecular weight is 299 g/mol. The minimum absolute atomic E-state index is 0.00703. The Morgan fingerprint density at radius 3 is 2.45 bits per heavy atom. The molecule has 0 aliphatic rings. The molecule has 0 fully saturated rings. The van der Waals surface area contributed by atoms with Crippen LogP contribution in [0.5, 0.6) is 0 Å². The molecule has 0 aliphatic heterocycles. The van der Waals surface area contributed by atoms with E-state index in [2.05, 4.69) is 10.6 Å². The molecule has 0 unspecified atom stereocenters. The number of non-ortho nitro benzene ring substituents is 1. The SMILES string of the molecule is Cc1ccc([N+](=O)[O-])cc1NCC(=O)Nc1ccccc1C. The van der Waals surface area contributed by atoms with Crippen LogP contribution in [-0.4, -0.2) is 17.4 Å². The third-order valence-electron chi connectivity index (χ3n) is 3.29. The standard InChI is InChI=1S/C16H17N3O3/c1-11-5-3-4-6-14(11)18-16(20)10-17-15-9-13(19(21)22)8-7-12(15)2/h3-9,17H,10H2,1-2H3,(H,18,20). The lowest BCUT2D eigenvalue weighted by atomic mass is 10.2. The number of amides is 1. The molecule has 2 rings (SSSR count). The van der Waals surface area contributed by atoms with Gasteiger partial charge in [0, 0.05) is 23.5 Å². The summed E-state index contributed by atoms with van der Waals surface area (Å²) in [4.78, 5) is 22.3. The molecule has 0 heterocycles. The van der Waals surface area contributed by atoms with Crippen molar-refractivity contribution in [3.8, 4) is 0 Å². The maximum atomic E-state index is 12.0. The fourth-order valence-corrected chi connectivity index (χ4v) is 2.00. The largest absolute Gasteiger partial charge is 0.376 e. The summed E-state index contributed by atoms with van der Waals surface area (Å²) in [6, 6.07) is 12.0. The lowest BCUT2D eigenvalue weighted by Gasteiger charge is -2.11. The summed E-state index contributed by atoms with van der Waals surface area (Å²) in [6.45, 7) is 3.77. The van der Waals surface area contributed by atoms with Crippen LogP contribution in [0.3, 0.4) is 0 Å². The van der Waals surface area contributed by atoms with Crippen LogP contribution < -0.4 is 10.6 Å². The first-order chi connectivity index (χ1) is 10.5. The zero-order valence-corrected chi connectivity index (χ0v) is 12.4. The number of benzene rings is 2. The van der Waals surface area contributed by atoms with Crippen LogP contribution in [0.2, 0.25) is 0 Å². The third kappa shape index (κ3) is 3.82. The Hall–Kier alpha value is -2.89. The number of anilines is 2. The monoisotopic (exact) mass is 299 g/mol. The van der Waals surface area contributed by atoms with E-state index in [4.69, 9.17) is 0 Å². The van der Waals surface area contributed by atoms with E-state index in [0.717, 1.165) is 16.8 Å². The van der Waals surface area contributed by atoms with Gasteiger partial charge in [-0.1, -0.05) is 24.3 Å². The molecule has 6 heteroatoms. The lowest BCUT2D eigenvalue weighted by Crippen LogP contribution is -2.22. The van der Waals surface area contributed by atoms with E-state index >= 15 is 0 Å². The Bertz CT molecular complexity index is 714. The van der Waals surface area contributed by atoms with Gasteiger partial charge in [0.05, 0.1) is 11.5 Å². The van der Waals surface area contributed by atoms with Gasteiger partial charge >= 0.3 is 0 Å². The molecule has 0 saturated carbocycles. The second-order valence-electron chi connectivity index (χ2n) is 4.97. The topological polar surface area (TPSA) is 84.3 Å². The van der Waals surface area contributed by atoms with E-state index in [1.165, 1.54) is 12.1 Å². The number of carbonyl (C=O) groups is 1. The zero-order valence-electron chi connectivity index (χ0n) is 12.4. The number of hydrogen-bond donors (Lipinski definition) is 2. The Morgan fingerprint density at radius 1 is 1.09 bits per heavy atom. The fraction of sp³-hybridized carbons (Fsp3) is 0.188. The first-order valence-electron chi connectivity index (χ1n) is 6.82. The fourth-order valence-electron chi connectivity index (χ4n) is 2.00. The molecule has 2 N–H and O–H groups in total. The van der Waals surface area contributed by atoms with Gasteiger partial charge in [-0.05, 0) is 31.0 Å². The number of aryl methyl sites for hydroxylation is 2. The summed E-state index contributed by atoms with van der Waals surface area (Å²) < 4.78 is 0. The number of carbonyl (C=O) groups excluding carboxylic acids is 1. The molecule has 22 heavy (non-hydrogen) atoms. The van der Waals surface area contributed by atoms with Gasteiger partial charge in [0.25, 0.3) is 5.69 Å². The number of nitrogens with zero attached hydrogens (tertiary/aromatic N) is 1. The number of nitrogens with one attached hydrogen (secondary N) is 2. The highest BCUT2D eigenvalue weighted by Crippen LogP contribution is 2.21. The minimum atomic E-state index is -0.460. The molecule has 6 nitrogen and oxygen atoms in total. The normalized spacial score (nSPS) is 10.1. The second kappa shape index (κ2) is 6.71. The van der Waals surface area contributed by atoms with E-state index in [-0.39, 0.29) is 18.1 Å². The zero-order chi connectivity index (χ0) is 16.1. The van der Waals surface area contributed by atoms with Gasteiger partial charge in [0.15, 0.2) is 0 Å². The van der Waals surface area contributed by atoms with Crippen molar-refractivity contribution in [2.75, 3.05) is 17.2 Å². The highest BCUT2D eigenvalue weighted by Gasteiger charge is 2.10. The summed E-state index contributed by atoms with van der Waals surface area (Å²) in [5, 5.41) is 16.5. The molecule has 2 aromatic rings. The van der Waals surface area contributed by atoms with E-state index in [1.54, 1.807) is 6.07 Å². The van der Waals surface area contributed by atoms with Gasteiger partial charge in [-0.2, -0.15) is 0 Å². The molecular weight excluding hydrogens is 282 g/mol. The smallest absolute Gasteiger partial charge is 0.271 e. The Kier molecular flexibility index (Phi) is 4.73. The van der Waals surface area contributed by atoms with Crippen molar-refractivity contribution in [2.24, 2.45) is 0 Å². The maximum absolute atomic E-state index is 12.0. The molecule has 114 valence electrons. The highest BCUT2D eigenvalue weighted by molar-refractivity contribution is 5.94. The molecule has 0 radical (unpaired) electrons. The van der Waals surface area contributed by atoms with E-state index < -0.39 is 4.92 Å². The molecule has 0 spiro atoms. The molecule has 0 saturated heterocycles. The molecule has 0 aliphatic carbocycles. The Morgan fingerprint density at radius 2 is 1.77 bits per heavy atom. The number of hydrogen-bond acceptors (Lipinski definition) is 4. The van der Waals surface area contributed by atoms with Crippen molar-refractivity contribution in [1.29, 1.82) is 0 Å².